The molecule has 0 aliphatic rings. The van der Waals surface area contributed by atoms with Crippen molar-refractivity contribution in [2.75, 3.05) is 0 Å². The van der Waals surface area contributed by atoms with E-state index in [0.717, 1.165) is 29.8 Å². The van der Waals surface area contributed by atoms with Crippen LogP contribution in [0.25, 0.3) is 11.4 Å². The van der Waals surface area contributed by atoms with Gasteiger partial charge in [-0.2, -0.15) is 0 Å². The third-order valence-corrected chi connectivity index (χ3v) is 3.56. The number of nitrogens with two attached hydrogens (primary N) is 1. The van der Waals surface area contributed by atoms with Gasteiger partial charge in [-0.3, -0.25) is 0 Å². The molecule has 0 saturated heterocycles. The van der Waals surface area contributed by atoms with E-state index in [1.54, 1.807) is 0 Å². The van der Waals surface area contributed by atoms with Crippen molar-refractivity contribution in [3.8, 4) is 11.4 Å². The van der Waals surface area contributed by atoms with Crippen molar-refractivity contribution in [2.45, 2.75) is 45.6 Å². The van der Waals surface area contributed by atoms with Crippen LogP contribution in [0.1, 0.15) is 44.2 Å². The minimum Gasteiger partial charge on any atom is -0.327 e. The maximum Gasteiger partial charge on any atom is 0.159 e. The van der Waals surface area contributed by atoms with Crippen LogP contribution in [0.15, 0.2) is 36.7 Å². The highest BCUT2D eigenvalue weighted by atomic mass is 14.9. The summed E-state index contributed by atoms with van der Waals surface area (Å²) in [5.74, 6) is 1.32. The lowest BCUT2D eigenvalue weighted by Crippen LogP contribution is -2.21. The van der Waals surface area contributed by atoms with Crippen molar-refractivity contribution >= 4 is 0 Å². The minimum atomic E-state index is 0.190. The van der Waals surface area contributed by atoms with Crippen LogP contribution in [0.5, 0.6) is 0 Å². The zero-order chi connectivity index (χ0) is 14.5. The van der Waals surface area contributed by atoms with Crippen molar-refractivity contribution in [3.63, 3.8) is 0 Å². The van der Waals surface area contributed by atoms with Crippen LogP contribution >= 0.6 is 0 Å². The summed E-state index contributed by atoms with van der Waals surface area (Å²) in [6.45, 7) is 6.48. The Balaban J connectivity index is 2.13. The second kappa shape index (κ2) is 6.62. The zero-order valence-corrected chi connectivity index (χ0v) is 12.5. The molecule has 0 bridgehead atoms. The van der Waals surface area contributed by atoms with E-state index in [4.69, 9.17) is 5.73 Å². The Hall–Kier alpha value is -1.74. The van der Waals surface area contributed by atoms with Gasteiger partial charge >= 0.3 is 0 Å². The van der Waals surface area contributed by atoms with Crippen LogP contribution in [0.2, 0.25) is 0 Å². The van der Waals surface area contributed by atoms with Gasteiger partial charge in [0, 0.05) is 24.0 Å². The van der Waals surface area contributed by atoms with Gasteiger partial charge in [-0.25, -0.2) is 9.97 Å². The van der Waals surface area contributed by atoms with Crippen LogP contribution in [0.4, 0.5) is 0 Å². The summed E-state index contributed by atoms with van der Waals surface area (Å²) in [7, 11) is 0. The Morgan fingerprint density at radius 2 is 1.65 bits per heavy atom. The molecule has 3 heteroatoms. The van der Waals surface area contributed by atoms with E-state index in [2.05, 4.69) is 55.0 Å². The molecule has 0 aliphatic carbocycles. The highest BCUT2D eigenvalue weighted by molar-refractivity contribution is 5.55. The first-order chi connectivity index (χ1) is 9.60. The Kier molecular flexibility index (Phi) is 4.85. The van der Waals surface area contributed by atoms with Crippen LogP contribution in [0.3, 0.4) is 0 Å². The van der Waals surface area contributed by atoms with Gasteiger partial charge < -0.3 is 5.73 Å². The van der Waals surface area contributed by atoms with Crippen LogP contribution < -0.4 is 5.73 Å². The van der Waals surface area contributed by atoms with Crippen LogP contribution in [0, 0.1) is 0 Å². The molecule has 3 nitrogen and oxygen atoms in total. The van der Waals surface area contributed by atoms with E-state index < -0.39 is 0 Å². The summed E-state index contributed by atoms with van der Waals surface area (Å²) in [5.41, 5.74) is 9.43. The SMILES string of the molecule is CCC(N)Cc1cnc(-c2ccc(C(C)C)cc2)nc1. The maximum absolute atomic E-state index is 5.94. The summed E-state index contributed by atoms with van der Waals surface area (Å²) in [4.78, 5) is 8.89. The number of nitrogens with zero attached hydrogens (tertiary/aromatic N) is 2. The molecular weight excluding hydrogens is 246 g/mol. The number of benzene rings is 1. The zero-order valence-electron chi connectivity index (χ0n) is 12.5. The van der Waals surface area contributed by atoms with Crippen molar-refractivity contribution in [1.82, 2.24) is 9.97 Å². The molecule has 20 heavy (non-hydrogen) atoms. The first kappa shape index (κ1) is 14.7. The number of rotatable bonds is 5. The molecule has 0 aliphatic heterocycles. The fourth-order valence-electron chi connectivity index (χ4n) is 2.07. The fourth-order valence-corrected chi connectivity index (χ4v) is 2.07. The number of hydrogen-bond acceptors (Lipinski definition) is 3. The van der Waals surface area contributed by atoms with E-state index in [1.807, 2.05) is 12.4 Å². The van der Waals surface area contributed by atoms with Gasteiger partial charge in [0.15, 0.2) is 5.82 Å². The summed E-state index contributed by atoms with van der Waals surface area (Å²) < 4.78 is 0. The molecule has 0 saturated carbocycles. The molecule has 2 aromatic rings. The van der Waals surface area contributed by atoms with Gasteiger partial charge in [0.05, 0.1) is 0 Å². The van der Waals surface area contributed by atoms with Crippen molar-refractivity contribution in [3.05, 3.63) is 47.8 Å². The smallest absolute Gasteiger partial charge is 0.159 e. The van der Waals surface area contributed by atoms with Crippen molar-refractivity contribution < 1.29 is 0 Å². The highest BCUT2D eigenvalue weighted by Crippen LogP contribution is 2.19. The Bertz CT molecular complexity index is 529. The molecule has 1 aromatic carbocycles. The standard InChI is InChI=1S/C17H23N3/c1-4-16(18)9-13-10-19-17(20-11-13)15-7-5-14(6-8-15)12(2)3/h5-8,10-12,16H,4,9,18H2,1-3H3. The predicted octanol–water partition coefficient (Wildman–Crippen LogP) is 3.55. The fraction of sp³-hybridized carbons (Fsp3) is 0.412. The minimum absolute atomic E-state index is 0.190. The van der Waals surface area contributed by atoms with Crippen LogP contribution in [-0.2, 0) is 6.42 Å². The summed E-state index contributed by atoms with van der Waals surface area (Å²) in [5, 5.41) is 0. The normalized spacial score (nSPS) is 12.7. The van der Waals surface area contributed by atoms with Gasteiger partial charge in [0.1, 0.15) is 0 Å². The topological polar surface area (TPSA) is 51.8 Å². The number of hydrogen-bond donors (Lipinski definition) is 1. The van der Waals surface area contributed by atoms with Crippen molar-refractivity contribution in [1.29, 1.82) is 0 Å². The molecule has 1 aromatic heterocycles. The Labute approximate surface area is 121 Å². The van der Waals surface area contributed by atoms with E-state index in [-0.39, 0.29) is 6.04 Å². The number of aromatic nitrogens is 2. The third kappa shape index (κ3) is 3.64. The van der Waals surface area contributed by atoms with Gasteiger partial charge in [-0.1, -0.05) is 45.0 Å². The van der Waals surface area contributed by atoms with Gasteiger partial charge in [0.2, 0.25) is 0 Å². The lowest BCUT2D eigenvalue weighted by molar-refractivity contribution is 0.643. The maximum atomic E-state index is 5.94. The van der Waals surface area contributed by atoms with E-state index in [0.29, 0.717) is 5.92 Å². The molecule has 106 valence electrons. The van der Waals surface area contributed by atoms with E-state index in [1.165, 1.54) is 5.56 Å². The monoisotopic (exact) mass is 269 g/mol. The van der Waals surface area contributed by atoms with Gasteiger partial charge in [0.25, 0.3) is 0 Å². The molecule has 2 N–H and O–H groups in total. The van der Waals surface area contributed by atoms with Gasteiger partial charge in [-0.05, 0) is 29.9 Å². The summed E-state index contributed by atoms with van der Waals surface area (Å²) >= 11 is 0. The molecule has 0 fully saturated rings. The summed E-state index contributed by atoms with van der Waals surface area (Å²) in [6.07, 6.45) is 5.57. The largest absolute Gasteiger partial charge is 0.327 e. The molecule has 2 rings (SSSR count). The molecule has 0 radical (unpaired) electrons. The molecular formula is C17H23N3. The van der Waals surface area contributed by atoms with Gasteiger partial charge in [-0.15, -0.1) is 0 Å². The second-order valence-corrected chi connectivity index (χ2v) is 5.56. The molecule has 0 spiro atoms. The van der Waals surface area contributed by atoms with Crippen LogP contribution in [-0.4, -0.2) is 16.0 Å². The van der Waals surface area contributed by atoms with Crippen molar-refractivity contribution in [2.24, 2.45) is 5.73 Å². The first-order valence-electron chi connectivity index (χ1n) is 7.27. The lowest BCUT2D eigenvalue weighted by Gasteiger charge is -2.09. The predicted molar refractivity (Wildman–Crippen MR) is 83.5 cm³/mol. The highest BCUT2D eigenvalue weighted by Gasteiger charge is 2.05. The van der Waals surface area contributed by atoms with E-state index >= 15 is 0 Å². The van der Waals surface area contributed by atoms with E-state index in [9.17, 15) is 0 Å². The lowest BCUT2D eigenvalue weighted by atomic mass is 10.0. The quantitative estimate of drug-likeness (QED) is 0.903. The molecule has 1 heterocycles. The molecule has 0 amide bonds. The second-order valence-electron chi connectivity index (χ2n) is 5.56. The molecule has 1 atom stereocenters. The average molecular weight is 269 g/mol. The Morgan fingerprint density at radius 3 is 2.15 bits per heavy atom. The Morgan fingerprint density at radius 1 is 1.05 bits per heavy atom. The molecule has 1 unspecified atom stereocenters. The average Bonchev–Trinajstić information content (AvgIpc) is 2.48. The third-order valence-electron chi connectivity index (χ3n) is 3.56. The first-order valence-corrected chi connectivity index (χ1v) is 7.27. The summed E-state index contributed by atoms with van der Waals surface area (Å²) in [6, 6.07) is 8.65.